The minimum absolute atomic E-state index is 0.207. The van der Waals surface area contributed by atoms with Crippen molar-refractivity contribution in [2.24, 2.45) is 10.4 Å². The number of hydrogen-bond acceptors (Lipinski definition) is 3. The fraction of sp³-hybridized carbons (Fsp3) is 0.438. The molecule has 1 aliphatic heterocycles. The molecule has 21 heavy (non-hydrogen) atoms. The zero-order chi connectivity index (χ0) is 14.9. The van der Waals surface area contributed by atoms with Crippen LogP contribution in [0.3, 0.4) is 0 Å². The summed E-state index contributed by atoms with van der Waals surface area (Å²) in [5, 5.41) is 2.81. The van der Waals surface area contributed by atoms with E-state index in [1.165, 1.54) is 0 Å². The van der Waals surface area contributed by atoms with Gasteiger partial charge in [-0.2, -0.15) is 4.99 Å². The number of carbonyl (C=O) groups is 2. The summed E-state index contributed by atoms with van der Waals surface area (Å²) in [5.41, 5.74) is 6.04. The van der Waals surface area contributed by atoms with Gasteiger partial charge in [-0.15, -0.1) is 0 Å². The monoisotopic (exact) mass is 285 g/mol. The molecule has 1 heterocycles. The molecule has 1 fully saturated rings. The summed E-state index contributed by atoms with van der Waals surface area (Å²) in [5.74, 6) is -0.195. The van der Waals surface area contributed by atoms with E-state index in [2.05, 4.69) is 10.3 Å². The van der Waals surface area contributed by atoms with Gasteiger partial charge < -0.3 is 11.1 Å². The van der Waals surface area contributed by atoms with Crippen molar-refractivity contribution in [2.45, 2.75) is 38.5 Å². The number of aliphatic imine (C=N–C) groups is 1. The molecule has 3 N–H and O–H groups in total. The van der Waals surface area contributed by atoms with Crippen molar-refractivity contribution in [2.75, 3.05) is 5.73 Å². The van der Waals surface area contributed by atoms with Crippen molar-refractivity contribution in [3.8, 4) is 0 Å². The molecule has 0 unspecified atom stereocenters. The van der Waals surface area contributed by atoms with Crippen molar-refractivity contribution in [3.05, 3.63) is 29.8 Å². The van der Waals surface area contributed by atoms with Gasteiger partial charge in [-0.05, 0) is 25.0 Å². The Morgan fingerprint density at radius 2 is 1.81 bits per heavy atom. The van der Waals surface area contributed by atoms with E-state index in [9.17, 15) is 9.59 Å². The first kappa shape index (κ1) is 13.8. The van der Waals surface area contributed by atoms with E-state index in [1.54, 1.807) is 24.3 Å². The van der Waals surface area contributed by atoms with Crippen LogP contribution in [-0.2, 0) is 9.59 Å². The average molecular weight is 285 g/mol. The Balaban J connectivity index is 1.95. The summed E-state index contributed by atoms with van der Waals surface area (Å²) >= 11 is 0. The van der Waals surface area contributed by atoms with E-state index in [0.29, 0.717) is 29.9 Å². The predicted octanol–water partition coefficient (Wildman–Crippen LogP) is 2.01. The fourth-order valence-electron chi connectivity index (χ4n) is 3.16. The van der Waals surface area contributed by atoms with E-state index < -0.39 is 5.41 Å². The second-order valence-corrected chi connectivity index (χ2v) is 5.84. The Kier molecular flexibility index (Phi) is 3.49. The van der Waals surface area contributed by atoms with E-state index in [-0.39, 0.29) is 11.8 Å². The summed E-state index contributed by atoms with van der Waals surface area (Å²) in [6, 6.07) is 7.02. The molecule has 1 aromatic rings. The number of amidine groups is 1. The van der Waals surface area contributed by atoms with E-state index in [4.69, 9.17) is 5.73 Å². The zero-order valence-corrected chi connectivity index (χ0v) is 11.9. The highest BCUT2D eigenvalue weighted by molar-refractivity contribution is 6.23. The van der Waals surface area contributed by atoms with Gasteiger partial charge in [-0.1, -0.05) is 37.8 Å². The van der Waals surface area contributed by atoms with Crippen molar-refractivity contribution in [3.63, 3.8) is 0 Å². The van der Waals surface area contributed by atoms with Crippen LogP contribution in [0.4, 0.5) is 5.69 Å². The van der Waals surface area contributed by atoms with Crippen molar-refractivity contribution >= 4 is 23.3 Å². The maximum absolute atomic E-state index is 12.6. The van der Waals surface area contributed by atoms with Crippen LogP contribution in [0.1, 0.15) is 44.1 Å². The Bertz CT molecular complexity index is 614. The van der Waals surface area contributed by atoms with Gasteiger partial charge in [0.05, 0.1) is 0 Å². The van der Waals surface area contributed by atoms with Crippen LogP contribution >= 0.6 is 0 Å². The molecule has 2 amide bonds. The number of amides is 2. The lowest BCUT2D eigenvalue weighted by Gasteiger charge is -2.31. The Morgan fingerprint density at radius 3 is 2.43 bits per heavy atom. The topological polar surface area (TPSA) is 84.5 Å². The summed E-state index contributed by atoms with van der Waals surface area (Å²) in [6.07, 6.45) is 5.17. The summed E-state index contributed by atoms with van der Waals surface area (Å²) in [4.78, 5) is 29.2. The first-order chi connectivity index (χ1) is 10.1. The van der Waals surface area contributed by atoms with Crippen LogP contribution in [0.2, 0.25) is 0 Å². The third-order valence-corrected chi connectivity index (χ3v) is 4.41. The van der Waals surface area contributed by atoms with Gasteiger partial charge in [0.25, 0.3) is 5.91 Å². The largest absolute Gasteiger partial charge is 0.399 e. The molecule has 0 aromatic heterocycles. The molecule has 5 nitrogen and oxygen atoms in total. The maximum Gasteiger partial charge on any atom is 0.263 e. The average Bonchev–Trinajstić information content (AvgIpc) is 2.72. The SMILES string of the molecule is Nc1cccc(C2=NC(=O)C3(CCCCCC3)C(=O)N2)c1. The summed E-state index contributed by atoms with van der Waals surface area (Å²) in [7, 11) is 0. The highest BCUT2D eigenvalue weighted by atomic mass is 16.2. The van der Waals surface area contributed by atoms with Crippen LogP contribution in [-0.4, -0.2) is 17.6 Å². The Labute approximate surface area is 123 Å². The van der Waals surface area contributed by atoms with Crippen LogP contribution in [0.5, 0.6) is 0 Å². The zero-order valence-electron chi connectivity index (χ0n) is 11.9. The van der Waals surface area contributed by atoms with Gasteiger partial charge in [0.1, 0.15) is 11.3 Å². The lowest BCUT2D eigenvalue weighted by molar-refractivity contribution is -0.142. The maximum atomic E-state index is 12.6. The van der Waals surface area contributed by atoms with Crippen LogP contribution in [0, 0.1) is 5.41 Å². The minimum atomic E-state index is -0.944. The first-order valence-corrected chi connectivity index (χ1v) is 7.42. The lowest BCUT2D eigenvalue weighted by Crippen LogP contribution is -2.52. The van der Waals surface area contributed by atoms with E-state index in [1.807, 2.05) is 0 Å². The number of nitrogens with zero attached hydrogens (tertiary/aromatic N) is 1. The van der Waals surface area contributed by atoms with Gasteiger partial charge in [0, 0.05) is 11.3 Å². The van der Waals surface area contributed by atoms with Crippen molar-refractivity contribution in [1.29, 1.82) is 0 Å². The highest BCUT2D eigenvalue weighted by Crippen LogP contribution is 2.38. The van der Waals surface area contributed by atoms with Gasteiger partial charge in [-0.3, -0.25) is 9.59 Å². The molecule has 1 saturated carbocycles. The van der Waals surface area contributed by atoms with Crippen LogP contribution in [0.25, 0.3) is 0 Å². The highest BCUT2D eigenvalue weighted by Gasteiger charge is 2.48. The molecule has 110 valence electrons. The number of nitrogens with two attached hydrogens (primary N) is 1. The molecule has 0 bridgehead atoms. The normalized spacial score (nSPS) is 21.6. The molecule has 3 rings (SSSR count). The number of nitrogens with one attached hydrogen (secondary N) is 1. The van der Waals surface area contributed by atoms with E-state index in [0.717, 1.165) is 25.7 Å². The van der Waals surface area contributed by atoms with Crippen LogP contribution in [0.15, 0.2) is 29.3 Å². The molecule has 0 radical (unpaired) electrons. The second kappa shape index (κ2) is 5.31. The van der Waals surface area contributed by atoms with Gasteiger partial charge in [0.2, 0.25) is 5.91 Å². The minimum Gasteiger partial charge on any atom is -0.399 e. The standard InChI is InChI=1S/C16H19N3O2/c17-12-7-5-6-11(10-12)13-18-14(20)16(15(21)19-13)8-3-1-2-4-9-16/h5-7,10H,1-4,8-9,17H2,(H,18,19,20,21). The molecule has 1 aromatic carbocycles. The molecule has 0 saturated heterocycles. The van der Waals surface area contributed by atoms with Crippen molar-refractivity contribution < 1.29 is 9.59 Å². The fourth-order valence-corrected chi connectivity index (χ4v) is 3.16. The van der Waals surface area contributed by atoms with Gasteiger partial charge >= 0.3 is 0 Å². The number of carbonyl (C=O) groups excluding carboxylic acids is 2. The summed E-state index contributed by atoms with van der Waals surface area (Å²) in [6.45, 7) is 0. The Hall–Kier alpha value is -2.17. The molecule has 2 aliphatic rings. The third-order valence-electron chi connectivity index (χ3n) is 4.41. The van der Waals surface area contributed by atoms with Gasteiger partial charge in [-0.25, -0.2) is 0 Å². The molecule has 0 atom stereocenters. The van der Waals surface area contributed by atoms with Crippen molar-refractivity contribution in [1.82, 2.24) is 5.32 Å². The summed E-state index contributed by atoms with van der Waals surface area (Å²) < 4.78 is 0. The predicted molar refractivity (Wildman–Crippen MR) is 80.7 cm³/mol. The van der Waals surface area contributed by atoms with Gasteiger partial charge in [0.15, 0.2) is 0 Å². The molecular formula is C16H19N3O2. The number of rotatable bonds is 1. The number of hydrogen-bond donors (Lipinski definition) is 2. The number of anilines is 1. The molecule has 1 spiro atoms. The molecule has 1 aliphatic carbocycles. The smallest absolute Gasteiger partial charge is 0.263 e. The third kappa shape index (κ3) is 2.44. The lowest BCUT2D eigenvalue weighted by atomic mass is 9.77. The Morgan fingerprint density at radius 1 is 1.10 bits per heavy atom. The molecular weight excluding hydrogens is 266 g/mol. The second-order valence-electron chi connectivity index (χ2n) is 5.84. The molecule has 5 heteroatoms. The number of benzene rings is 1. The number of nitrogen functional groups attached to an aromatic ring is 1. The van der Waals surface area contributed by atoms with E-state index >= 15 is 0 Å². The first-order valence-electron chi connectivity index (χ1n) is 7.42. The quantitative estimate of drug-likeness (QED) is 0.611. The van der Waals surface area contributed by atoms with Crippen LogP contribution < -0.4 is 11.1 Å².